The molecule has 1 N–H and O–H groups in total. The zero-order chi connectivity index (χ0) is 25.2. The molecule has 0 aromatic carbocycles. The largest absolute Gasteiger partial charge is 0.465 e. The van der Waals surface area contributed by atoms with Gasteiger partial charge in [0, 0.05) is 25.7 Å². The smallest absolute Gasteiger partial charge is 0.313 e. The van der Waals surface area contributed by atoms with E-state index in [9.17, 15) is 14.4 Å². The third-order valence-electron chi connectivity index (χ3n) is 8.10. The molecular weight excluding hydrogens is 448 g/mol. The van der Waals surface area contributed by atoms with E-state index in [1.165, 1.54) is 0 Å². The molecule has 4 aliphatic heterocycles. The Kier molecular flexibility index (Phi) is 7.71. The summed E-state index contributed by atoms with van der Waals surface area (Å²) in [4.78, 5) is 44.9. The molecule has 1 spiro atoms. The lowest BCUT2D eigenvalue weighted by Gasteiger charge is -2.39. The first-order chi connectivity index (χ1) is 16.8. The molecule has 0 aliphatic carbocycles. The Labute approximate surface area is 208 Å². The summed E-state index contributed by atoms with van der Waals surface area (Å²) in [5.41, 5.74) is -2.24. The summed E-state index contributed by atoms with van der Waals surface area (Å²) < 4.78 is 12.3. The van der Waals surface area contributed by atoms with Crippen LogP contribution >= 0.6 is 0 Å². The Hall–Kier alpha value is -2.19. The van der Waals surface area contributed by atoms with Crippen LogP contribution in [0.1, 0.15) is 65.7 Å². The van der Waals surface area contributed by atoms with Crippen molar-refractivity contribution in [2.24, 2.45) is 11.8 Å². The highest BCUT2D eigenvalue weighted by Gasteiger charge is 2.74. The molecule has 0 aromatic heterocycles. The van der Waals surface area contributed by atoms with Crippen LogP contribution in [0.4, 0.5) is 0 Å². The molecule has 0 radical (unpaired) electrons. The van der Waals surface area contributed by atoms with Crippen LogP contribution in [0.5, 0.6) is 0 Å². The Morgan fingerprint density at radius 3 is 2.60 bits per heavy atom. The van der Waals surface area contributed by atoms with Crippen molar-refractivity contribution in [1.29, 1.82) is 0 Å². The number of ether oxygens (including phenoxy) is 2. The molecule has 8 heteroatoms. The number of aliphatic hydroxyl groups excluding tert-OH is 1. The van der Waals surface area contributed by atoms with Crippen molar-refractivity contribution >= 4 is 17.8 Å². The fraction of sp³-hybridized carbons (Fsp3) is 0.741. The SMILES string of the molecule is CCCC(C)N1CC=C[C@]23O[C@]4(C)C=CCCOC(=O)[C@@H]4[C@H]2C(=O)N(CCCCCCO)C3C1=O. The van der Waals surface area contributed by atoms with Crippen LogP contribution in [-0.4, -0.2) is 82.3 Å². The second-order valence-electron chi connectivity index (χ2n) is 10.6. The standard InChI is InChI=1S/C27H40N2O6/c1-4-12-19(2)28-16-11-14-27-20(21-25(33)34-18-10-7-13-26(21,3)35-27)23(31)29(22(27)24(28)32)15-8-5-6-9-17-30/h7,11,13-14,19-22,30H,4-6,8-10,12,15-18H2,1-3H3/t19?,20-,21-,22?,26+,27-/m0/s1. The average molecular weight is 489 g/mol. The lowest BCUT2D eigenvalue weighted by atomic mass is 9.74. The number of amides is 2. The Bertz CT molecular complexity index is 887. The molecule has 2 amide bonds. The summed E-state index contributed by atoms with van der Waals surface area (Å²) in [6, 6.07) is -0.787. The molecule has 4 aliphatic rings. The van der Waals surface area contributed by atoms with E-state index < -0.39 is 35.0 Å². The van der Waals surface area contributed by atoms with Crippen molar-refractivity contribution in [3.8, 4) is 0 Å². The minimum atomic E-state index is -1.22. The number of carbonyl (C=O) groups excluding carboxylic acids is 3. The van der Waals surface area contributed by atoms with Gasteiger partial charge in [-0.3, -0.25) is 14.4 Å². The molecule has 0 bridgehead atoms. The first-order valence-electron chi connectivity index (χ1n) is 13.2. The minimum Gasteiger partial charge on any atom is -0.465 e. The number of unbranched alkanes of at least 4 members (excludes halogenated alkanes) is 3. The Balaban J connectivity index is 1.74. The zero-order valence-electron chi connectivity index (χ0n) is 21.3. The first-order valence-corrected chi connectivity index (χ1v) is 13.2. The molecule has 0 saturated carbocycles. The van der Waals surface area contributed by atoms with E-state index >= 15 is 0 Å². The average Bonchev–Trinajstić information content (AvgIpc) is 3.12. The molecule has 4 rings (SSSR count). The molecular formula is C27H40N2O6. The van der Waals surface area contributed by atoms with Gasteiger partial charge in [0.2, 0.25) is 11.8 Å². The molecule has 8 nitrogen and oxygen atoms in total. The predicted molar refractivity (Wildman–Crippen MR) is 130 cm³/mol. The van der Waals surface area contributed by atoms with E-state index in [0.29, 0.717) is 19.5 Å². The van der Waals surface area contributed by atoms with Gasteiger partial charge in [-0.25, -0.2) is 0 Å². The number of cyclic esters (lactones) is 1. The zero-order valence-corrected chi connectivity index (χ0v) is 21.3. The van der Waals surface area contributed by atoms with Crippen LogP contribution in [0.25, 0.3) is 0 Å². The highest BCUT2D eigenvalue weighted by Crippen LogP contribution is 2.57. The number of aliphatic hydroxyl groups is 1. The number of rotatable bonds is 9. The number of esters is 1. The van der Waals surface area contributed by atoms with Crippen molar-refractivity contribution in [2.75, 3.05) is 26.3 Å². The molecule has 2 unspecified atom stereocenters. The third kappa shape index (κ3) is 4.44. The van der Waals surface area contributed by atoms with E-state index in [1.54, 1.807) is 4.90 Å². The lowest BCUT2D eigenvalue weighted by molar-refractivity contribution is -0.160. The summed E-state index contributed by atoms with van der Waals surface area (Å²) in [7, 11) is 0. The highest BCUT2D eigenvalue weighted by atomic mass is 16.6. The van der Waals surface area contributed by atoms with E-state index in [2.05, 4.69) is 6.92 Å². The van der Waals surface area contributed by atoms with E-state index in [-0.39, 0.29) is 31.1 Å². The van der Waals surface area contributed by atoms with Crippen LogP contribution in [0.2, 0.25) is 0 Å². The number of nitrogens with zero attached hydrogens (tertiary/aromatic N) is 2. The van der Waals surface area contributed by atoms with Crippen molar-refractivity contribution in [3.63, 3.8) is 0 Å². The van der Waals surface area contributed by atoms with E-state index in [1.807, 2.05) is 43.1 Å². The third-order valence-corrected chi connectivity index (χ3v) is 8.10. The predicted octanol–water partition coefficient (Wildman–Crippen LogP) is 2.60. The molecule has 194 valence electrons. The maximum atomic E-state index is 14.1. The van der Waals surface area contributed by atoms with Crippen molar-refractivity contribution in [1.82, 2.24) is 9.80 Å². The number of hydrogen-bond donors (Lipinski definition) is 1. The van der Waals surface area contributed by atoms with Crippen LogP contribution in [0.3, 0.4) is 0 Å². The quantitative estimate of drug-likeness (QED) is 0.305. The van der Waals surface area contributed by atoms with Gasteiger partial charge in [-0.15, -0.1) is 0 Å². The van der Waals surface area contributed by atoms with Gasteiger partial charge in [0.25, 0.3) is 0 Å². The van der Waals surface area contributed by atoms with Crippen LogP contribution in [0, 0.1) is 11.8 Å². The van der Waals surface area contributed by atoms with Gasteiger partial charge < -0.3 is 24.4 Å². The van der Waals surface area contributed by atoms with E-state index in [4.69, 9.17) is 14.6 Å². The molecule has 35 heavy (non-hydrogen) atoms. The van der Waals surface area contributed by atoms with Gasteiger partial charge in [-0.05, 0) is 39.5 Å². The summed E-state index contributed by atoms with van der Waals surface area (Å²) in [6.45, 7) is 7.26. The molecule has 4 heterocycles. The molecule has 2 saturated heterocycles. The van der Waals surface area contributed by atoms with Gasteiger partial charge in [0.1, 0.15) is 17.6 Å². The molecule has 6 atom stereocenters. The summed E-state index contributed by atoms with van der Waals surface area (Å²) in [5, 5.41) is 9.09. The van der Waals surface area contributed by atoms with Gasteiger partial charge in [0.05, 0.1) is 18.1 Å². The Morgan fingerprint density at radius 2 is 1.86 bits per heavy atom. The van der Waals surface area contributed by atoms with E-state index in [0.717, 1.165) is 38.5 Å². The summed E-state index contributed by atoms with van der Waals surface area (Å²) >= 11 is 0. The number of likely N-dealkylation sites (tertiary alicyclic amines) is 1. The Morgan fingerprint density at radius 1 is 1.09 bits per heavy atom. The van der Waals surface area contributed by atoms with Crippen molar-refractivity contribution in [2.45, 2.75) is 89.0 Å². The van der Waals surface area contributed by atoms with Crippen molar-refractivity contribution < 1.29 is 29.0 Å². The van der Waals surface area contributed by atoms with Gasteiger partial charge in [-0.2, -0.15) is 0 Å². The lowest BCUT2D eigenvalue weighted by Crippen LogP contribution is -2.57. The molecule has 0 aromatic rings. The normalized spacial score (nSPS) is 35.2. The van der Waals surface area contributed by atoms with Gasteiger partial charge >= 0.3 is 5.97 Å². The maximum absolute atomic E-state index is 14.1. The summed E-state index contributed by atoms with van der Waals surface area (Å²) in [6.07, 6.45) is 13.2. The van der Waals surface area contributed by atoms with Crippen LogP contribution in [0.15, 0.2) is 24.3 Å². The number of carbonyl (C=O) groups is 3. The highest BCUT2D eigenvalue weighted by molar-refractivity contribution is 5.99. The molecule has 2 fully saturated rings. The second-order valence-corrected chi connectivity index (χ2v) is 10.6. The first kappa shape index (κ1) is 25.9. The monoisotopic (exact) mass is 488 g/mol. The van der Waals surface area contributed by atoms with Crippen LogP contribution in [-0.2, 0) is 23.9 Å². The fourth-order valence-electron chi connectivity index (χ4n) is 6.46. The number of hydrogen-bond acceptors (Lipinski definition) is 6. The van der Waals surface area contributed by atoms with Gasteiger partial charge in [-0.1, -0.05) is 50.5 Å². The second kappa shape index (κ2) is 10.4. The van der Waals surface area contributed by atoms with Crippen LogP contribution < -0.4 is 0 Å². The maximum Gasteiger partial charge on any atom is 0.313 e. The van der Waals surface area contributed by atoms with Gasteiger partial charge in [0.15, 0.2) is 0 Å². The topological polar surface area (TPSA) is 96.4 Å². The fourth-order valence-corrected chi connectivity index (χ4v) is 6.46. The minimum absolute atomic E-state index is 0.0309. The van der Waals surface area contributed by atoms with Crippen molar-refractivity contribution in [3.05, 3.63) is 24.3 Å². The summed E-state index contributed by atoms with van der Waals surface area (Å²) in [5.74, 6) is -2.38. The number of fused-ring (bicyclic) bond motifs is 2.